The molecule has 0 amide bonds. The van der Waals surface area contributed by atoms with Crippen LogP contribution in [-0.2, 0) is 6.61 Å². The zero-order valence-electron chi connectivity index (χ0n) is 9.05. The highest BCUT2D eigenvalue weighted by Gasteiger charge is 2.05. The van der Waals surface area contributed by atoms with Crippen LogP contribution in [0.5, 0.6) is 11.6 Å². The second kappa shape index (κ2) is 4.77. The fourth-order valence-electron chi connectivity index (χ4n) is 1.42. The summed E-state index contributed by atoms with van der Waals surface area (Å²) < 4.78 is 5.66. The van der Waals surface area contributed by atoms with Gasteiger partial charge in [-0.05, 0) is 19.1 Å². The Bertz CT molecular complexity index is 483. The Morgan fingerprint density at radius 2 is 2.00 bits per heavy atom. The summed E-state index contributed by atoms with van der Waals surface area (Å²) in [6, 6.07) is 11.2. The van der Waals surface area contributed by atoms with Gasteiger partial charge in [0.05, 0.1) is 6.61 Å². The average molecular weight is 215 g/mol. The second-order valence-electron chi connectivity index (χ2n) is 3.49. The van der Waals surface area contributed by atoms with Gasteiger partial charge in [-0.3, -0.25) is 0 Å². The number of nitrogens with zero attached hydrogens (tertiary/aromatic N) is 1. The number of ether oxygens (including phenoxy) is 1. The Hall–Kier alpha value is -1.87. The van der Waals surface area contributed by atoms with Crippen molar-refractivity contribution in [2.45, 2.75) is 13.5 Å². The molecule has 0 saturated heterocycles. The molecular weight excluding hydrogens is 202 g/mol. The molecule has 0 aliphatic carbocycles. The second-order valence-corrected chi connectivity index (χ2v) is 3.49. The molecule has 0 saturated carbocycles. The fraction of sp³-hybridized carbons (Fsp3) is 0.154. The van der Waals surface area contributed by atoms with Crippen LogP contribution in [0.1, 0.15) is 11.1 Å². The molecular formula is C13H13NO2. The zero-order valence-corrected chi connectivity index (χ0v) is 9.05. The molecule has 3 nitrogen and oxygen atoms in total. The SMILES string of the molecule is Cc1cccnc1Oc1ccccc1CO. The van der Waals surface area contributed by atoms with Crippen LogP contribution >= 0.6 is 0 Å². The number of benzene rings is 1. The monoisotopic (exact) mass is 215 g/mol. The number of pyridine rings is 1. The lowest BCUT2D eigenvalue weighted by Crippen LogP contribution is -1.94. The molecule has 3 heteroatoms. The van der Waals surface area contributed by atoms with E-state index in [1.165, 1.54) is 0 Å². The lowest BCUT2D eigenvalue weighted by molar-refractivity contribution is 0.276. The summed E-state index contributed by atoms with van der Waals surface area (Å²) in [6.07, 6.45) is 1.68. The maximum atomic E-state index is 9.17. The minimum Gasteiger partial charge on any atom is -0.438 e. The van der Waals surface area contributed by atoms with E-state index in [0.29, 0.717) is 11.6 Å². The summed E-state index contributed by atoms with van der Waals surface area (Å²) in [6.45, 7) is 1.89. The third-order valence-electron chi connectivity index (χ3n) is 2.31. The highest BCUT2D eigenvalue weighted by Crippen LogP contribution is 2.25. The molecule has 1 N–H and O–H groups in total. The van der Waals surface area contributed by atoms with Crippen molar-refractivity contribution in [3.8, 4) is 11.6 Å². The quantitative estimate of drug-likeness (QED) is 0.855. The molecule has 1 aromatic heterocycles. The number of rotatable bonds is 3. The van der Waals surface area contributed by atoms with Gasteiger partial charge in [0.2, 0.25) is 5.88 Å². The Morgan fingerprint density at radius 1 is 1.19 bits per heavy atom. The Balaban J connectivity index is 2.30. The van der Waals surface area contributed by atoms with E-state index >= 15 is 0 Å². The van der Waals surface area contributed by atoms with Crippen molar-refractivity contribution in [1.82, 2.24) is 4.98 Å². The van der Waals surface area contributed by atoms with Crippen molar-refractivity contribution in [1.29, 1.82) is 0 Å². The number of aliphatic hydroxyl groups is 1. The third kappa shape index (κ3) is 2.20. The molecule has 16 heavy (non-hydrogen) atoms. The van der Waals surface area contributed by atoms with E-state index in [9.17, 15) is 0 Å². The first-order valence-electron chi connectivity index (χ1n) is 5.09. The van der Waals surface area contributed by atoms with Gasteiger partial charge in [0.25, 0.3) is 0 Å². The molecule has 82 valence electrons. The predicted octanol–water partition coefficient (Wildman–Crippen LogP) is 2.67. The molecule has 0 spiro atoms. The maximum Gasteiger partial charge on any atom is 0.222 e. The van der Waals surface area contributed by atoms with Gasteiger partial charge < -0.3 is 9.84 Å². The van der Waals surface area contributed by atoms with Crippen LogP contribution in [0, 0.1) is 6.92 Å². The van der Waals surface area contributed by atoms with Gasteiger partial charge in [-0.15, -0.1) is 0 Å². The number of hydrogen-bond acceptors (Lipinski definition) is 3. The van der Waals surface area contributed by atoms with Crippen molar-refractivity contribution in [3.63, 3.8) is 0 Å². The smallest absolute Gasteiger partial charge is 0.222 e. The zero-order chi connectivity index (χ0) is 11.4. The molecule has 1 aromatic carbocycles. The first-order valence-corrected chi connectivity index (χ1v) is 5.09. The van der Waals surface area contributed by atoms with Gasteiger partial charge in [-0.25, -0.2) is 4.98 Å². The molecule has 0 radical (unpaired) electrons. The Labute approximate surface area is 94.3 Å². The van der Waals surface area contributed by atoms with Gasteiger partial charge in [-0.1, -0.05) is 24.3 Å². The van der Waals surface area contributed by atoms with Crippen LogP contribution in [0.15, 0.2) is 42.6 Å². The molecule has 0 aliphatic heterocycles. The normalized spacial score (nSPS) is 10.1. The van der Waals surface area contributed by atoms with Crippen LogP contribution in [0.25, 0.3) is 0 Å². The number of para-hydroxylation sites is 1. The van der Waals surface area contributed by atoms with Gasteiger partial charge in [0.15, 0.2) is 0 Å². The highest BCUT2D eigenvalue weighted by molar-refractivity contribution is 5.37. The van der Waals surface area contributed by atoms with Crippen LogP contribution in [-0.4, -0.2) is 10.1 Å². The summed E-state index contributed by atoms with van der Waals surface area (Å²) in [7, 11) is 0. The Morgan fingerprint density at radius 3 is 2.75 bits per heavy atom. The molecule has 2 rings (SSSR count). The fourth-order valence-corrected chi connectivity index (χ4v) is 1.42. The molecule has 0 unspecified atom stereocenters. The van der Waals surface area contributed by atoms with Crippen molar-refractivity contribution >= 4 is 0 Å². The predicted molar refractivity (Wildman–Crippen MR) is 61.4 cm³/mol. The summed E-state index contributed by atoms with van der Waals surface area (Å²) in [5.41, 5.74) is 1.72. The van der Waals surface area contributed by atoms with E-state index in [1.807, 2.05) is 43.3 Å². The van der Waals surface area contributed by atoms with E-state index in [4.69, 9.17) is 9.84 Å². The van der Waals surface area contributed by atoms with Crippen molar-refractivity contribution in [3.05, 3.63) is 53.7 Å². The Kier molecular flexibility index (Phi) is 3.17. The maximum absolute atomic E-state index is 9.17. The number of aromatic nitrogens is 1. The lowest BCUT2D eigenvalue weighted by atomic mass is 10.2. The standard InChI is InChI=1S/C13H13NO2/c1-10-5-4-8-14-13(10)16-12-7-3-2-6-11(12)9-15/h2-8,15H,9H2,1H3. The molecule has 2 aromatic rings. The molecule has 0 aliphatic rings. The van der Waals surface area contributed by atoms with Crippen molar-refractivity contribution < 1.29 is 9.84 Å². The van der Waals surface area contributed by atoms with E-state index in [0.717, 1.165) is 11.1 Å². The largest absolute Gasteiger partial charge is 0.438 e. The van der Waals surface area contributed by atoms with Crippen LogP contribution in [0.4, 0.5) is 0 Å². The molecule has 0 atom stereocenters. The average Bonchev–Trinajstić information content (AvgIpc) is 2.33. The van der Waals surface area contributed by atoms with Crippen molar-refractivity contribution in [2.24, 2.45) is 0 Å². The van der Waals surface area contributed by atoms with Gasteiger partial charge in [-0.2, -0.15) is 0 Å². The number of aryl methyl sites for hydroxylation is 1. The van der Waals surface area contributed by atoms with Crippen LogP contribution in [0.2, 0.25) is 0 Å². The van der Waals surface area contributed by atoms with Crippen LogP contribution in [0.3, 0.4) is 0 Å². The molecule has 1 heterocycles. The molecule has 0 fully saturated rings. The van der Waals surface area contributed by atoms with E-state index < -0.39 is 0 Å². The minimum atomic E-state index is -0.0396. The van der Waals surface area contributed by atoms with Gasteiger partial charge in [0.1, 0.15) is 5.75 Å². The third-order valence-corrected chi connectivity index (χ3v) is 2.31. The molecule has 0 bridgehead atoms. The minimum absolute atomic E-state index is 0.0396. The lowest BCUT2D eigenvalue weighted by Gasteiger charge is -2.09. The van der Waals surface area contributed by atoms with E-state index in [-0.39, 0.29) is 6.61 Å². The van der Waals surface area contributed by atoms with Crippen LogP contribution < -0.4 is 4.74 Å². The van der Waals surface area contributed by atoms with Gasteiger partial charge in [0, 0.05) is 17.3 Å². The summed E-state index contributed by atoms with van der Waals surface area (Å²) >= 11 is 0. The number of hydrogen-bond donors (Lipinski definition) is 1. The van der Waals surface area contributed by atoms with E-state index in [2.05, 4.69) is 4.98 Å². The van der Waals surface area contributed by atoms with Gasteiger partial charge >= 0.3 is 0 Å². The summed E-state index contributed by atoms with van der Waals surface area (Å²) in [4.78, 5) is 4.15. The summed E-state index contributed by atoms with van der Waals surface area (Å²) in [5, 5.41) is 9.17. The first kappa shape index (κ1) is 10.6. The number of aliphatic hydroxyl groups excluding tert-OH is 1. The topological polar surface area (TPSA) is 42.4 Å². The van der Waals surface area contributed by atoms with E-state index in [1.54, 1.807) is 6.20 Å². The first-order chi connectivity index (χ1) is 7.81. The summed E-state index contributed by atoms with van der Waals surface area (Å²) in [5.74, 6) is 1.22. The highest BCUT2D eigenvalue weighted by atomic mass is 16.5. The van der Waals surface area contributed by atoms with Crippen molar-refractivity contribution in [2.75, 3.05) is 0 Å².